The van der Waals surface area contributed by atoms with Crippen LogP contribution in [0.15, 0.2) is 11.4 Å². The average molecular weight is 382 g/mol. The first-order valence-corrected chi connectivity index (χ1v) is 9.89. The van der Waals surface area contributed by atoms with E-state index in [0.29, 0.717) is 0 Å². The number of hydrogen-bond donors (Lipinski definition) is 1. The number of ether oxygens (including phenoxy) is 1. The fraction of sp³-hybridized carbons (Fsp3) is 0.529. The first kappa shape index (κ1) is 19.7. The number of esters is 1. The van der Waals surface area contributed by atoms with Crippen LogP contribution in [-0.2, 0) is 14.3 Å². The maximum atomic E-state index is 12.3. The van der Waals surface area contributed by atoms with Gasteiger partial charge in [-0.15, -0.1) is 11.3 Å². The van der Waals surface area contributed by atoms with Crippen molar-refractivity contribution in [3.8, 4) is 0 Å². The molecule has 8 heteroatoms. The molecule has 2 atom stereocenters. The smallest absolute Gasteiger partial charge is 0.328 e. The lowest BCUT2D eigenvalue weighted by Crippen LogP contribution is -2.46. The Morgan fingerprint density at radius 2 is 2.08 bits per heavy atom. The molecule has 2 heterocycles. The molecule has 1 N–H and O–H groups in total. The molecular weight excluding hydrogens is 358 g/mol. The van der Waals surface area contributed by atoms with E-state index in [1.54, 1.807) is 11.3 Å². The topological polar surface area (TPSA) is 81.2 Å². The predicted octanol–water partition coefficient (Wildman–Crippen LogP) is 3.10. The number of amides is 1. The summed E-state index contributed by atoms with van der Waals surface area (Å²) >= 11 is 2.98. The molecule has 0 aliphatic carbocycles. The fourth-order valence-electron chi connectivity index (χ4n) is 2.40. The van der Waals surface area contributed by atoms with Gasteiger partial charge in [-0.3, -0.25) is 4.79 Å². The number of methoxy groups -OCH3 is 1. The molecule has 1 amide bonds. The van der Waals surface area contributed by atoms with Crippen molar-refractivity contribution in [3.63, 3.8) is 0 Å². The van der Waals surface area contributed by atoms with Gasteiger partial charge in [-0.05, 0) is 25.3 Å². The molecule has 2 aromatic heterocycles. The molecule has 0 saturated carbocycles. The van der Waals surface area contributed by atoms with Gasteiger partial charge in [0, 0.05) is 10.3 Å². The second kappa shape index (κ2) is 8.62. The third kappa shape index (κ3) is 4.49. The predicted molar refractivity (Wildman–Crippen MR) is 101 cm³/mol. The second-order valence-electron chi connectivity index (χ2n) is 5.88. The van der Waals surface area contributed by atoms with Crippen LogP contribution in [0, 0.1) is 19.8 Å². The van der Waals surface area contributed by atoms with Gasteiger partial charge in [-0.2, -0.15) is 0 Å². The lowest BCUT2D eigenvalue weighted by atomic mass is 9.99. The monoisotopic (exact) mass is 381 g/mol. The summed E-state index contributed by atoms with van der Waals surface area (Å²) in [5, 5.41) is 4.58. The minimum atomic E-state index is -0.626. The summed E-state index contributed by atoms with van der Waals surface area (Å²) < 4.78 is 4.80. The number of hydrogen-bond acceptors (Lipinski definition) is 7. The van der Waals surface area contributed by atoms with E-state index in [1.165, 1.54) is 30.1 Å². The molecule has 0 aliphatic heterocycles. The van der Waals surface area contributed by atoms with Crippen LogP contribution in [0.3, 0.4) is 0 Å². The van der Waals surface area contributed by atoms with Gasteiger partial charge in [-0.1, -0.05) is 32.0 Å². The Hall–Kier alpha value is -1.67. The van der Waals surface area contributed by atoms with E-state index >= 15 is 0 Å². The Morgan fingerprint density at radius 3 is 2.72 bits per heavy atom. The number of aromatic nitrogens is 2. The van der Waals surface area contributed by atoms with Gasteiger partial charge in [0.2, 0.25) is 5.91 Å². The second-order valence-corrected chi connectivity index (χ2v) is 8.05. The van der Waals surface area contributed by atoms with Gasteiger partial charge in [0.25, 0.3) is 0 Å². The van der Waals surface area contributed by atoms with Crippen LogP contribution in [0.2, 0.25) is 0 Å². The number of fused-ring (bicyclic) bond motifs is 1. The summed E-state index contributed by atoms with van der Waals surface area (Å²) in [4.78, 5) is 34.9. The van der Waals surface area contributed by atoms with Crippen molar-refractivity contribution in [2.24, 2.45) is 5.92 Å². The molecular formula is C17H23N3O3S2. The third-order valence-corrected chi connectivity index (χ3v) is 6.36. The van der Waals surface area contributed by atoms with Gasteiger partial charge in [-0.25, -0.2) is 14.8 Å². The van der Waals surface area contributed by atoms with Crippen molar-refractivity contribution >= 4 is 45.2 Å². The molecule has 6 nitrogen and oxygen atoms in total. The third-order valence-electron chi connectivity index (χ3n) is 4.26. The van der Waals surface area contributed by atoms with Gasteiger partial charge in [0.1, 0.15) is 22.2 Å². The quantitative estimate of drug-likeness (QED) is 0.451. The summed E-state index contributed by atoms with van der Waals surface area (Å²) in [6, 6.07) is -0.626. The molecule has 0 aliphatic rings. The summed E-state index contributed by atoms with van der Waals surface area (Å²) in [6.07, 6.45) is 2.29. The van der Waals surface area contributed by atoms with Crippen molar-refractivity contribution in [2.75, 3.05) is 12.9 Å². The number of aryl methyl sites for hydroxylation is 2. The lowest BCUT2D eigenvalue weighted by molar-refractivity contribution is -0.146. The molecule has 0 radical (unpaired) electrons. The lowest BCUT2D eigenvalue weighted by Gasteiger charge is -2.21. The molecule has 0 fully saturated rings. The van der Waals surface area contributed by atoms with Crippen molar-refractivity contribution in [2.45, 2.75) is 45.2 Å². The van der Waals surface area contributed by atoms with Crippen LogP contribution in [-0.4, -0.2) is 40.7 Å². The zero-order valence-electron chi connectivity index (χ0n) is 15.1. The summed E-state index contributed by atoms with van der Waals surface area (Å²) in [6.45, 7) is 7.98. The van der Waals surface area contributed by atoms with Crippen LogP contribution in [0.4, 0.5) is 0 Å². The molecule has 0 spiro atoms. The fourth-order valence-corrected chi connectivity index (χ4v) is 4.33. The molecule has 136 valence electrons. The maximum absolute atomic E-state index is 12.3. The Balaban J connectivity index is 2.08. The Labute approximate surface area is 155 Å². The minimum Gasteiger partial charge on any atom is -0.467 e. The highest BCUT2D eigenvalue weighted by Gasteiger charge is 2.26. The van der Waals surface area contributed by atoms with Crippen LogP contribution in [0.5, 0.6) is 0 Å². The molecule has 0 saturated heterocycles. The highest BCUT2D eigenvalue weighted by atomic mass is 32.2. The number of thioether (sulfide) groups is 1. The van der Waals surface area contributed by atoms with Crippen LogP contribution >= 0.6 is 23.1 Å². The Morgan fingerprint density at radius 1 is 1.36 bits per heavy atom. The van der Waals surface area contributed by atoms with E-state index in [-0.39, 0.29) is 17.6 Å². The molecule has 0 aromatic carbocycles. The number of nitrogens with zero attached hydrogens (tertiary/aromatic N) is 2. The van der Waals surface area contributed by atoms with E-state index in [1.807, 2.05) is 20.8 Å². The largest absolute Gasteiger partial charge is 0.467 e. The van der Waals surface area contributed by atoms with Crippen LogP contribution in [0.25, 0.3) is 10.2 Å². The number of rotatable bonds is 7. The normalized spacial score (nSPS) is 13.5. The van der Waals surface area contributed by atoms with Crippen molar-refractivity contribution < 1.29 is 14.3 Å². The number of carbonyl (C=O) groups excluding carboxylic acids is 2. The molecule has 25 heavy (non-hydrogen) atoms. The zero-order valence-corrected chi connectivity index (χ0v) is 16.7. The molecule has 0 unspecified atom stereocenters. The zero-order chi connectivity index (χ0) is 18.6. The number of nitrogens with one attached hydrogen (secondary N) is 1. The van der Waals surface area contributed by atoms with Crippen molar-refractivity contribution in [1.29, 1.82) is 0 Å². The maximum Gasteiger partial charge on any atom is 0.328 e. The van der Waals surface area contributed by atoms with Crippen LogP contribution < -0.4 is 5.32 Å². The molecule has 0 bridgehead atoms. The standard InChI is InChI=1S/C17H23N3O3S2/c1-6-9(2)14(17(22)23-5)20-12(21)7-24-15-13-10(3)11(4)25-16(13)19-8-18-15/h8-9,14H,6-7H2,1-5H3,(H,20,21)/t9-,14+/m0/s1. The average Bonchev–Trinajstić information content (AvgIpc) is 2.91. The highest BCUT2D eigenvalue weighted by Crippen LogP contribution is 2.34. The van der Waals surface area contributed by atoms with Crippen molar-refractivity contribution in [1.82, 2.24) is 15.3 Å². The van der Waals surface area contributed by atoms with E-state index in [0.717, 1.165) is 27.2 Å². The first-order chi connectivity index (χ1) is 11.9. The molecule has 2 aromatic rings. The van der Waals surface area contributed by atoms with Gasteiger partial charge in [0.05, 0.1) is 12.9 Å². The van der Waals surface area contributed by atoms with Gasteiger partial charge < -0.3 is 10.1 Å². The number of thiophene rings is 1. The van der Waals surface area contributed by atoms with E-state index in [4.69, 9.17) is 4.74 Å². The number of carbonyl (C=O) groups is 2. The Bertz CT molecular complexity index is 776. The SMILES string of the molecule is CC[C@H](C)[C@@H](NC(=O)CSc1ncnc2sc(C)c(C)c12)C(=O)OC. The van der Waals surface area contributed by atoms with Gasteiger partial charge in [0.15, 0.2) is 0 Å². The minimum absolute atomic E-state index is 0.00826. The van der Waals surface area contributed by atoms with Gasteiger partial charge >= 0.3 is 5.97 Å². The van der Waals surface area contributed by atoms with Crippen molar-refractivity contribution in [3.05, 3.63) is 16.8 Å². The molecule has 2 rings (SSSR count). The summed E-state index contributed by atoms with van der Waals surface area (Å²) in [7, 11) is 1.33. The summed E-state index contributed by atoms with van der Waals surface area (Å²) in [5.74, 6) is -0.433. The van der Waals surface area contributed by atoms with E-state index in [2.05, 4.69) is 22.2 Å². The van der Waals surface area contributed by atoms with Crippen LogP contribution in [0.1, 0.15) is 30.7 Å². The first-order valence-electron chi connectivity index (χ1n) is 8.09. The summed E-state index contributed by atoms with van der Waals surface area (Å²) in [5.41, 5.74) is 1.15. The highest BCUT2D eigenvalue weighted by molar-refractivity contribution is 8.00. The van der Waals surface area contributed by atoms with E-state index in [9.17, 15) is 9.59 Å². The Kier molecular flexibility index (Phi) is 6.78. The van der Waals surface area contributed by atoms with E-state index < -0.39 is 12.0 Å².